The Kier molecular flexibility index (Phi) is 3.37. The molecule has 0 radical (unpaired) electrons. The first-order chi connectivity index (χ1) is 8.74. The zero-order valence-corrected chi connectivity index (χ0v) is 11.0. The molecule has 0 saturated carbocycles. The van der Waals surface area contributed by atoms with E-state index in [0.717, 1.165) is 26.1 Å². The van der Waals surface area contributed by atoms with Crippen molar-refractivity contribution in [1.29, 1.82) is 0 Å². The summed E-state index contributed by atoms with van der Waals surface area (Å²) in [5.41, 5.74) is 9.32. The van der Waals surface area contributed by atoms with Crippen LogP contribution in [0.1, 0.15) is 23.5 Å². The molecule has 0 aromatic heterocycles. The molecule has 3 heteroatoms. The predicted molar refractivity (Wildman–Crippen MR) is 72.7 cm³/mol. The van der Waals surface area contributed by atoms with Gasteiger partial charge in [0.15, 0.2) is 0 Å². The van der Waals surface area contributed by atoms with E-state index in [-0.39, 0.29) is 12.1 Å². The molecule has 0 bridgehead atoms. The van der Waals surface area contributed by atoms with Gasteiger partial charge in [0.2, 0.25) is 0 Å². The fraction of sp³-hybridized carbons (Fsp3) is 0.600. The predicted octanol–water partition coefficient (Wildman–Crippen LogP) is 1.37. The Bertz CT molecular complexity index is 421. The molecule has 1 aliphatic heterocycles. The molecule has 1 fully saturated rings. The van der Waals surface area contributed by atoms with Crippen molar-refractivity contribution in [2.45, 2.75) is 30.9 Å². The second kappa shape index (κ2) is 5.00. The van der Waals surface area contributed by atoms with Gasteiger partial charge in [0.25, 0.3) is 0 Å². The van der Waals surface area contributed by atoms with E-state index in [1.165, 1.54) is 17.5 Å². The van der Waals surface area contributed by atoms with Crippen LogP contribution < -0.4 is 5.73 Å². The largest absolute Gasteiger partial charge is 0.374 e. The van der Waals surface area contributed by atoms with Crippen molar-refractivity contribution in [3.63, 3.8) is 0 Å². The number of nitrogens with two attached hydrogens (primary N) is 1. The van der Waals surface area contributed by atoms with Crippen LogP contribution in [0.2, 0.25) is 0 Å². The van der Waals surface area contributed by atoms with Gasteiger partial charge in [-0.15, -0.1) is 0 Å². The van der Waals surface area contributed by atoms with Gasteiger partial charge in [-0.3, -0.25) is 0 Å². The Balaban J connectivity index is 1.58. The lowest BCUT2D eigenvalue weighted by Crippen LogP contribution is -2.50. The van der Waals surface area contributed by atoms with Gasteiger partial charge in [0.1, 0.15) is 0 Å². The second-order valence-electron chi connectivity index (χ2n) is 5.67. The zero-order chi connectivity index (χ0) is 12.5. The molecular formula is C15H22N2O. The number of hydrogen-bond donors (Lipinski definition) is 1. The van der Waals surface area contributed by atoms with Gasteiger partial charge >= 0.3 is 0 Å². The molecule has 0 amide bonds. The minimum atomic E-state index is 0.158. The summed E-state index contributed by atoms with van der Waals surface area (Å²) in [7, 11) is 2.14. The van der Waals surface area contributed by atoms with Gasteiger partial charge in [-0.25, -0.2) is 0 Å². The highest BCUT2D eigenvalue weighted by Crippen LogP contribution is 2.38. The van der Waals surface area contributed by atoms with E-state index in [9.17, 15) is 0 Å². The molecule has 1 heterocycles. The smallest absolute Gasteiger partial charge is 0.0853 e. The molecule has 3 nitrogen and oxygen atoms in total. The van der Waals surface area contributed by atoms with Crippen LogP contribution in [0.3, 0.4) is 0 Å². The number of likely N-dealkylation sites (N-methyl/N-ethyl adjacent to an activating group) is 1. The van der Waals surface area contributed by atoms with Gasteiger partial charge in [0, 0.05) is 19.1 Å². The van der Waals surface area contributed by atoms with Gasteiger partial charge in [0.05, 0.1) is 12.7 Å². The third kappa shape index (κ3) is 2.30. The van der Waals surface area contributed by atoms with Crippen molar-refractivity contribution in [1.82, 2.24) is 4.90 Å². The first-order valence-corrected chi connectivity index (χ1v) is 6.87. The van der Waals surface area contributed by atoms with Gasteiger partial charge < -0.3 is 15.4 Å². The summed E-state index contributed by atoms with van der Waals surface area (Å²) >= 11 is 0. The average Bonchev–Trinajstić information content (AvgIpc) is 2.36. The number of nitrogens with zero attached hydrogens (tertiary/aromatic N) is 1. The maximum atomic E-state index is 6.33. The maximum absolute atomic E-state index is 6.33. The molecule has 98 valence electrons. The quantitative estimate of drug-likeness (QED) is 0.875. The van der Waals surface area contributed by atoms with E-state index in [4.69, 9.17) is 10.5 Å². The topological polar surface area (TPSA) is 38.5 Å². The van der Waals surface area contributed by atoms with E-state index in [1.807, 2.05) is 0 Å². The third-order valence-electron chi connectivity index (χ3n) is 4.29. The number of benzene rings is 1. The molecular weight excluding hydrogens is 224 g/mol. The lowest BCUT2D eigenvalue weighted by molar-refractivity contribution is -0.0345. The van der Waals surface area contributed by atoms with Gasteiger partial charge in [-0.05, 0) is 36.9 Å². The van der Waals surface area contributed by atoms with Crippen molar-refractivity contribution in [2.24, 2.45) is 5.73 Å². The molecule has 0 spiro atoms. The average molecular weight is 246 g/mol. The molecule has 2 aliphatic rings. The van der Waals surface area contributed by atoms with E-state index >= 15 is 0 Å². The highest BCUT2D eigenvalue weighted by molar-refractivity contribution is 5.39. The number of fused-ring (bicyclic) bond motifs is 1. The van der Waals surface area contributed by atoms with Crippen molar-refractivity contribution in [3.05, 3.63) is 35.4 Å². The number of rotatable bonds is 3. The molecule has 3 unspecified atom stereocenters. The van der Waals surface area contributed by atoms with Gasteiger partial charge in [-0.2, -0.15) is 0 Å². The monoisotopic (exact) mass is 246 g/mol. The van der Waals surface area contributed by atoms with E-state index in [2.05, 4.69) is 36.2 Å². The van der Waals surface area contributed by atoms with Crippen LogP contribution in [0.4, 0.5) is 0 Å². The van der Waals surface area contributed by atoms with Gasteiger partial charge in [-0.1, -0.05) is 24.3 Å². The van der Waals surface area contributed by atoms with Crippen LogP contribution in [0.25, 0.3) is 0 Å². The third-order valence-corrected chi connectivity index (χ3v) is 4.29. The SMILES string of the molecule is CN1CCOC(C(N)CC2Cc3ccccc32)C1. The lowest BCUT2D eigenvalue weighted by Gasteiger charge is -2.37. The van der Waals surface area contributed by atoms with Crippen LogP contribution in [-0.4, -0.2) is 43.8 Å². The minimum absolute atomic E-state index is 0.158. The second-order valence-corrected chi connectivity index (χ2v) is 5.67. The summed E-state index contributed by atoms with van der Waals surface area (Å²) in [6.07, 6.45) is 2.44. The Morgan fingerprint density at radius 1 is 1.44 bits per heavy atom. The van der Waals surface area contributed by atoms with Crippen molar-refractivity contribution in [2.75, 3.05) is 26.7 Å². The lowest BCUT2D eigenvalue weighted by atomic mass is 9.74. The molecule has 3 rings (SSSR count). The normalized spacial score (nSPS) is 29.4. The summed E-state index contributed by atoms with van der Waals surface area (Å²) in [4.78, 5) is 2.31. The summed E-state index contributed by atoms with van der Waals surface area (Å²) in [5, 5.41) is 0. The van der Waals surface area contributed by atoms with E-state index in [0.29, 0.717) is 5.92 Å². The Labute approximate surface area is 109 Å². The summed E-state index contributed by atoms with van der Waals surface area (Å²) < 4.78 is 5.80. The molecule has 2 N–H and O–H groups in total. The van der Waals surface area contributed by atoms with E-state index in [1.54, 1.807) is 0 Å². The van der Waals surface area contributed by atoms with Crippen molar-refractivity contribution >= 4 is 0 Å². The van der Waals surface area contributed by atoms with Crippen LogP contribution in [-0.2, 0) is 11.2 Å². The molecule has 1 aliphatic carbocycles. The molecule has 18 heavy (non-hydrogen) atoms. The first kappa shape index (κ1) is 12.2. The Morgan fingerprint density at radius 3 is 3.06 bits per heavy atom. The van der Waals surface area contributed by atoms with Crippen molar-refractivity contribution < 1.29 is 4.74 Å². The Morgan fingerprint density at radius 2 is 2.28 bits per heavy atom. The standard InChI is InChI=1S/C15H22N2O/c1-17-6-7-18-15(10-17)14(16)9-12-8-11-4-2-3-5-13(11)12/h2-5,12,14-15H,6-10,16H2,1H3. The highest BCUT2D eigenvalue weighted by Gasteiger charge is 2.31. The fourth-order valence-corrected chi connectivity index (χ4v) is 3.12. The number of hydrogen-bond acceptors (Lipinski definition) is 3. The van der Waals surface area contributed by atoms with Crippen LogP contribution >= 0.6 is 0 Å². The maximum Gasteiger partial charge on any atom is 0.0853 e. The summed E-state index contributed by atoms with van der Waals surface area (Å²) in [5.74, 6) is 0.645. The first-order valence-electron chi connectivity index (χ1n) is 6.87. The number of ether oxygens (including phenoxy) is 1. The summed E-state index contributed by atoms with van der Waals surface area (Å²) in [6, 6.07) is 8.87. The van der Waals surface area contributed by atoms with Crippen LogP contribution in [0, 0.1) is 0 Å². The fourth-order valence-electron chi connectivity index (χ4n) is 3.12. The van der Waals surface area contributed by atoms with Crippen LogP contribution in [0.5, 0.6) is 0 Å². The zero-order valence-electron chi connectivity index (χ0n) is 11.0. The summed E-state index contributed by atoms with van der Waals surface area (Å²) in [6.45, 7) is 2.81. The number of morpholine rings is 1. The molecule has 1 aromatic rings. The molecule has 1 aromatic carbocycles. The molecule has 3 atom stereocenters. The van der Waals surface area contributed by atoms with Crippen LogP contribution in [0.15, 0.2) is 24.3 Å². The van der Waals surface area contributed by atoms with Crippen molar-refractivity contribution in [3.8, 4) is 0 Å². The highest BCUT2D eigenvalue weighted by atomic mass is 16.5. The molecule has 1 saturated heterocycles. The Hall–Kier alpha value is -0.900. The van der Waals surface area contributed by atoms with E-state index < -0.39 is 0 Å². The minimum Gasteiger partial charge on any atom is -0.374 e.